The van der Waals surface area contributed by atoms with Crippen LogP contribution in [-0.2, 0) is 6.42 Å². The number of benzene rings is 1. The molecule has 0 aliphatic heterocycles. The number of hydrogen-bond acceptors (Lipinski definition) is 0. The van der Waals surface area contributed by atoms with Gasteiger partial charge in [0.1, 0.15) is 0 Å². The Morgan fingerprint density at radius 2 is 2.21 bits per heavy atom. The molecule has 14 heavy (non-hydrogen) atoms. The van der Waals surface area contributed by atoms with Gasteiger partial charge in [0.2, 0.25) is 0 Å². The fraction of sp³-hybridized carbons (Fsp3) is 0.429. The molecule has 74 valence electrons. The van der Waals surface area contributed by atoms with Gasteiger partial charge in [-0.1, -0.05) is 37.3 Å². The second kappa shape index (κ2) is 3.61. The molecule has 0 nitrogen and oxygen atoms in total. The van der Waals surface area contributed by atoms with Gasteiger partial charge in [0.05, 0.1) is 0 Å². The van der Waals surface area contributed by atoms with Crippen molar-refractivity contribution in [2.24, 2.45) is 0 Å². The van der Waals surface area contributed by atoms with Gasteiger partial charge in [0.25, 0.3) is 0 Å². The minimum atomic E-state index is 0.734. The van der Waals surface area contributed by atoms with Crippen LogP contribution in [0.1, 0.15) is 49.3 Å². The molecule has 0 spiro atoms. The molecule has 1 aromatic carbocycles. The number of fused-ring (bicyclic) bond motifs is 1. The molecule has 0 fully saturated rings. The summed E-state index contributed by atoms with van der Waals surface area (Å²) in [4.78, 5) is 0. The quantitative estimate of drug-likeness (QED) is 0.617. The van der Waals surface area contributed by atoms with Crippen LogP contribution in [0.4, 0.5) is 0 Å². The largest absolute Gasteiger partial charge is 0.0955 e. The van der Waals surface area contributed by atoms with Gasteiger partial charge in [0, 0.05) is 0 Å². The zero-order valence-electron chi connectivity index (χ0n) is 9.14. The third-order valence-corrected chi connectivity index (χ3v) is 3.25. The van der Waals surface area contributed by atoms with Crippen LogP contribution in [0.5, 0.6) is 0 Å². The summed E-state index contributed by atoms with van der Waals surface area (Å²) in [5.41, 5.74) is 5.58. The minimum Gasteiger partial charge on any atom is -0.0955 e. The standard InChI is InChI=1S/C14H18/c1-10(2)13-8-7-12-6-4-5-11(3)14(12)9-13/h7-9,11H,1,4-6H2,2-3H3. The molecule has 0 radical (unpaired) electrons. The number of hydrogen-bond donors (Lipinski definition) is 0. The van der Waals surface area contributed by atoms with Crippen LogP contribution in [0.3, 0.4) is 0 Å². The highest BCUT2D eigenvalue weighted by molar-refractivity contribution is 5.63. The molecule has 0 saturated carbocycles. The summed E-state index contributed by atoms with van der Waals surface area (Å²) in [5, 5.41) is 0. The zero-order valence-corrected chi connectivity index (χ0v) is 9.14. The molecule has 0 N–H and O–H groups in total. The first-order chi connectivity index (χ1) is 6.68. The van der Waals surface area contributed by atoms with Crippen molar-refractivity contribution in [1.29, 1.82) is 0 Å². The molecule has 0 saturated heterocycles. The second-order valence-electron chi connectivity index (χ2n) is 4.49. The first-order valence-corrected chi connectivity index (χ1v) is 5.47. The predicted octanol–water partition coefficient (Wildman–Crippen LogP) is 4.16. The van der Waals surface area contributed by atoms with Gasteiger partial charge in [-0.15, -0.1) is 0 Å². The summed E-state index contributed by atoms with van der Waals surface area (Å²) in [5.74, 6) is 0.734. The maximum Gasteiger partial charge on any atom is -0.0187 e. The fourth-order valence-electron chi connectivity index (χ4n) is 2.30. The summed E-state index contributed by atoms with van der Waals surface area (Å²) < 4.78 is 0. The van der Waals surface area contributed by atoms with Crippen molar-refractivity contribution in [3.63, 3.8) is 0 Å². The Labute approximate surface area is 86.7 Å². The molecule has 0 bridgehead atoms. The Hall–Kier alpha value is -1.04. The van der Waals surface area contributed by atoms with Crippen LogP contribution in [-0.4, -0.2) is 0 Å². The van der Waals surface area contributed by atoms with E-state index in [4.69, 9.17) is 0 Å². The highest BCUT2D eigenvalue weighted by Crippen LogP contribution is 2.32. The van der Waals surface area contributed by atoms with Crippen molar-refractivity contribution in [2.45, 2.75) is 39.0 Å². The first kappa shape index (κ1) is 9.51. The summed E-state index contributed by atoms with van der Waals surface area (Å²) in [6, 6.07) is 6.83. The van der Waals surface area contributed by atoms with Crippen LogP contribution in [0.15, 0.2) is 24.8 Å². The summed E-state index contributed by atoms with van der Waals surface area (Å²) in [6.45, 7) is 8.41. The van der Waals surface area contributed by atoms with Crippen molar-refractivity contribution >= 4 is 5.57 Å². The topological polar surface area (TPSA) is 0 Å². The van der Waals surface area contributed by atoms with Gasteiger partial charge < -0.3 is 0 Å². The fourth-order valence-corrected chi connectivity index (χ4v) is 2.30. The third kappa shape index (κ3) is 1.61. The van der Waals surface area contributed by atoms with E-state index >= 15 is 0 Å². The molecule has 1 unspecified atom stereocenters. The average molecular weight is 186 g/mol. The molecule has 1 aliphatic rings. The normalized spacial score (nSPS) is 20.3. The van der Waals surface area contributed by atoms with E-state index in [1.54, 1.807) is 11.1 Å². The lowest BCUT2D eigenvalue weighted by Gasteiger charge is -2.23. The average Bonchev–Trinajstić information content (AvgIpc) is 2.18. The van der Waals surface area contributed by atoms with Gasteiger partial charge in [-0.05, 0) is 48.8 Å². The van der Waals surface area contributed by atoms with E-state index < -0.39 is 0 Å². The van der Waals surface area contributed by atoms with E-state index in [0.29, 0.717) is 0 Å². The summed E-state index contributed by atoms with van der Waals surface area (Å²) in [6.07, 6.45) is 3.95. The maximum absolute atomic E-state index is 4.00. The van der Waals surface area contributed by atoms with Crippen LogP contribution < -0.4 is 0 Å². The first-order valence-electron chi connectivity index (χ1n) is 5.47. The second-order valence-corrected chi connectivity index (χ2v) is 4.49. The predicted molar refractivity (Wildman–Crippen MR) is 62.5 cm³/mol. The lowest BCUT2D eigenvalue weighted by atomic mass is 9.82. The molecular formula is C14H18. The smallest absolute Gasteiger partial charge is 0.0187 e. The molecule has 0 heterocycles. The van der Waals surface area contributed by atoms with Gasteiger partial charge in [-0.25, -0.2) is 0 Å². The molecule has 0 heteroatoms. The molecule has 1 aliphatic carbocycles. The van der Waals surface area contributed by atoms with E-state index in [1.807, 2.05) is 0 Å². The highest BCUT2D eigenvalue weighted by atomic mass is 14.2. The van der Waals surface area contributed by atoms with Crippen molar-refractivity contribution < 1.29 is 0 Å². The van der Waals surface area contributed by atoms with Gasteiger partial charge in [-0.2, -0.15) is 0 Å². The Kier molecular flexibility index (Phi) is 2.45. The van der Waals surface area contributed by atoms with Crippen LogP contribution >= 0.6 is 0 Å². The highest BCUT2D eigenvalue weighted by Gasteiger charge is 2.16. The van der Waals surface area contributed by atoms with Gasteiger partial charge >= 0.3 is 0 Å². The van der Waals surface area contributed by atoms with Crippen molar-refractivity contribution in [1.82, 2.24) is 0 Å². The lowest BCUT2D eigenvalue weighted by molar-refractivity contribution is 0.590. The molecule has 0 amide bonds. The van der Waals surface area contributed by atoms with Gasteiger partial charge in [-0.3, -0.25) is 0 Å². The van der Waals surface area contributed by atoms with Crippen molar-refractivity contribution in [2.75, 3.05) is 0 Å². The summed E-state index contributed by atoms with van der Waals surface area (Å²) in [7, 11) is 0. The zero-order chi connectivity index (χ0) is 10.1. The molecule has 1 atom stereocenters. The molecule has 1 aromatic rings. The van der Waals surface area contributed by atoms with E-state index in [9.17, 15) is 0 Å². The summed E-state index contributed by atoms with van der Waals surface area (Å²) >= 11 is 0. The molecular weight excluding hydrogens is 168 g/mol. The third-order valence-electron chi connectivity index (χ3n) is 3.25. The number of allylic oxidation sites excluding steroid dienone is 1. The minimum absolute atomic E-state index is 0.734. The van der Waals surface area contributed by atoms with Crippen LogP contribution in [0.2, 0.25) is 0 Å². The van der Waals surface area contributed by atoms with E-state index in [-0.39, 0.29) is 0 Å². The van der Waals surface area contributed by atoms with E-state index in [2.05, 4.69) is 38.6 Å². The molecule has 0 aromatic heterocycles. The maximum atomic E-state index is 4.00. The Bertz CT molecular complexity index is 360. The Balaban J connectivity index is 2.45. The van der Waals surface area contributed by atoms with E-state index in [1.165, 1.54) is 30.4 Å². The van der Waals surface area contributed by atoms with Gasteiger partial charge in [0.15, 0.2) is 0 Å². The Morgan fingerprint density at radius 1 is 1.43 bits per heavy atom. The van der Waals surface area contributed by atoms with Crippen LogP contribution in [0, 0.1) is 0 Å². The number of aryl methyl sites for hydroxylation is 1. The number of rotatable bonds is 1. The SMILES string of the molecule is C=C(C)c1ccc2c(c1)C(C)CCC2. The Morgan fingerprint density at radius 3 is 2.93 bits per heavy atom. The van der Waals surface area contributed by atoms with Crippen LogP contribution in [0.25, 0.3) is 5.57 Å². The monoisotopic (exact) mass is 186 g/mol. The van der Waals surface area contributed by atoms with Crippen molar-refractivity contribution in [3.05, 3.63) is 41.5 Å². The molecule has 2 rings (SSSR count). The lowest BCUT2D eigenvalue weighted by Crippen LogP contribution is -2.07. The van der Waals surface area contributed by atoms with Crippen molar-refractivity contribution in [3.8, 4) is 0 Å². The van der Waals surface area contributed by atoms with E-state index in [0.717, 1.165) is 5.92 Å².